The fourth-order valence-corrected chi connectivity index (χ4v) is 4.43. The molecule has 184 valence electrons. The molecule has 0 saturated heterocycles. The molecule has 35 heavy (non-hydrogen) atoms. The Bertz CT molecular complexity index is 1340. The van der Waals surface area contributed by atoms with E-state index < -0.39 is 0 Å². The molecule has 0 fully saturated rings. The van der Waals surface area contributed by atoms with Crippen LogP contribution < -0.4 is 24.5 Å². The maximum Gasteiger partial charge on any atom is 0.258 e. The summed E-state index contributed by atoms with van der Waals surface area (Å²) in [6.07, 6.45) is 0. The zero-order valence-corrected chi connectivity index (χ0v) is 21.1. The molecule has 0 saturated carbocycles. The van der Waals surface area contributed by atoms with E-state index >= 15 is 0 Å². The van der Waals surface area contributed by atoms with E-state index in [1.165, 1.54) is 7.11 Å². The molecular weight excluding hydrogens is 466 g/mol. The highest BCUT2D eigenvalue weighted by molar-refractivity contribution is 7.09. The molecule has 0 aliphatic heterocycles. The second-order valence-corrected chi connectivity index (χ2v) is 8.93. The van der Waals surface area contributed by atoms with E-state index in [0.29, 0.717) is 59.4 Å². The van der Waals surface area contributed by atoms with Crippen molar-refractivity contribution >= 4 is 22.2 Å². The Morgan fingerprint density at radius 3 is 2.37 bits per heavy atom. The maximum absolute atomic E-state index is 12.7. The van der Waals surface area contributed by atoms with Crippen molar-refractivity contribution in [3.8, 4) is 23.0 Å². The highest BCUT2D eigenvalue weighted by Gasteiger charge is 2.14. The Morgan fingerprint density at radius 1 is 0.943 bits per heavy atom. The van der Waals surface area contributed by atoms with E-state index in [9.17, 15) is 4.79 Å². The lowest BCUT2D eigenvalue weighted by atomic mass is 10.2. The van der Waals surface area contributed by atoms with Crippen molar-refractivity contribution in [1.82, 2.24) is 14.9 Å². The third kappa shape index (κ3) is 5.75. The molecule has 0 atom stereocenters. The fourth-order valence-electron chi connectivity index (χ4n) is 3.81. The van der Waals surface area contributed by atoms with E-state index in [0.717, 1.165) is 17.0 Å². The Labute approximate surface area is 208 Å². The number of fused-ring (bicyclic) bond motifs is 1. The first kappa shape index (κ1) is 24.6. The van der Waals surface area contributed by atoms with E-state index in [1.54, 1.807) is 37.7 Å². The molecule has 0 amide bonds. The Balaban J connectivity index is 1.50. The molecule has 2 heterocycles. The average Bonchev–Trinajstić information content (AvgIpc) is 3.40. The fraction of sp³-hybridized carbons (Fsp3) is 0.308. The van der Waals surface area contributed by atoms with Crippen LogP contribution in [0, 0.1) is 0 Å². The second-order valence-electron chi connectivity index (χ2n) is 7.89. The van der Waals surface area contributed by atoms with Crippen LogP contribution in [0.5, 0.6) is 23.0 Å². The molecule has 4 rings (SSSR count). The minimum atomic E-state index is -0.212. The van der Waals surface area contributed by atoms with Gasteiger partial charge in [-0.2, -0.15) is 0 Å². The summed E-state index contributed by atoms with van der Waals surface area (Å²) in [5, 5.41) is 2.49. The van der Waals surface area contributed by atoms with Gasteiger partial charge in [0.25, 0.3) is 5.56 Å². The van der Waals surface area contributed by atoms with Crippen molar-refractivity contribution in [3.63, 3.8) is 0 Å². The molecule has 0 spiro atoms. The molecule has 8 nitrogen and oxygen atoms in total. The molecule has 2 aromatic carbocycles. The van der Waals surface area contributed by atoms with Crippen molar-refractivity contribution in [3.05, 3.63) is 74.5 Å². The minimum absolute atomic E-state index is 0.212. The largest absolute Gasteiger partial charge is 0.493 e. The predicted octanol–water partition coefficient (Wildman–Crippen LogP) is 4.61. The second kappa shape index (κ2) is 11.2. The van der Waals surface area contributed by atoms with Gasteiger partial charge in [-0.3, -0.25) is 9.69 Å². The van der Waals surface area contributed by atoms with Crippen LogP contribution in [0.3, 0.4) is 0 Å². The van der Waals surface area contributed by atoms with Crippen LogP contribution in [-0.2, 0) is 19.7 Å². The topological polar surface area (TPSA) is 85.9 Å². The summed E-state index contributed by atoms with van der Waals surface area (Å²) in [6.45, 7) is 4.49. The summed E-state index contributed by atoms with van der Waals surface area (Å²) in [5.41, 5.74) is 1.42. The molecule has 2 aromatic heterocycles. The van der Waals surface area contributed by atoms with Crippen LogP contribution >= 0.6 is 11.3 Å². The monoisotopic (exact) mass is 495 g/mol. The standard InChI is InChI=1S/C26H29N3O5S/c1-5-29(14-17-8-9-21(22(11-17)31-2)34-16-18-7-6-10-35-18)15-25-27-20-13-24(33-4)23(32-3)12-19(20)26(30)28-25/h6-13H,5,14-16H2,1-4H3,(H,27,28,30). The van der Waals surface area contributed by atoms with E-state index in [2.05, 4.69) is 21.8 Å². The van der Waals surface area contributed by atoms with Crippen LogP contribution in [0.25, 0.3) is 10.9 Å². The summed E-state index contributed by atoms with van der Waals surface area (Å²) in [6, 6.07) is 13.4. The van der Waals surface area contributed by atoms with Gasteiger partial charge in [0.05, 0.1) is 38.8 Å². The van der Waals surface area contributed by atoms with Gasteiger partial charge in [-0.15, -0.1) is 11.3 Å². The van der Waals surface area contributed by atoms with Gasteiger partial charge in [-0.05, 0) is 41.8 Å². The van der Waals surface area contributed by atoms with Crippen molar-refractivity contribution in [1.29, 1.82) is 0 Å². The molecule has 0 unspecified atom stereocenters. The minimum Gasteiger partial charge on any atom is -0.493 e. The van der Waals surface area contributed by atoms with Gasteiger partial charge in [0.1, 0.15) is 12.4 Å². The van der Waals surface area contributed by atoms with E-state index in [-0.39, 0.29) is 5.56 Å². The Hall–Kier alpha value is -3.56. The number of aromatic amines is 1. The highest BCUT2D eigenvalue weighted by atomic mass is 32.1. The molecule has 0 aliphatic rings. The summed E-state index contributed by atoms with van der Waals surface area (Å²) in [7, 11) is 4.74. The van der Waals surface area contributed by atoms with Gasteiger partial charge < -0.3 is 23.9 Å². The number of hydrogen-bond acceptors (Lipinski definition) is 8. The number of rotatable bonds is 11. The summed E-state index contributed by atoms with van der Waals surface area (Å²) >= 11 is 1.66. The number of hydrogen-bond donors (Lipinski definition) is 1. The average molecular weight is 496 g/mol. The summed E-state index contributed by atoms with van der Waals surface area (Å²) in [5.74, 6) is 3.00. The highest BCUT2D eigenvalue weighted by Crippen LogP contribution is 2.31. The number of nitrogens with zero attached hydrogens (tertiary/aromatic N) is 2. The number of benzene rings is 2. The van der Waals surface area contributed by atoms with Crippen molar-refractivity contribution in [2.45, 2.75) is 26.6 Å². The summed E-state index contributed by atoms with van der Waals surface area (Å²) < 4.78 is 22.2. The number of H-pyrrole nitrogens is 1. The molecular formula is C26H29N3O5S. The molecule has 4 aromatic rings. The first-order valence-corrected chi connectivity index (χ1v) is 12.1. The van der Waals surface area contributed by atoms with Gasteiger partial charge in [0.15, 0.2) is 23.0 Å². The maximum atomic E-state index is 12.7. The lowest BCUT2D eigenvalue weighted by Crippen LogP contribution is -2.25. The molecule has 9 heteroatoms. The molecule has 1 N–H and O–H groups in total. The van der Waals surface area contributed by atoms with Crippen molar-refractivity contribution < 1.29 is 18.9 Å². The van der Waals surface area contributed by atoms with Crippen LogP contribution in [0.4, 0.5) is 0 Å². The van der Waals surface area contributed by atoms with Gasteiger partial charge in [0.2, 0.25) is 0 Å². The first-order valence-electron chi connectivity index (χ1n) is 11.2. The van der Waals surface area contributed by atoms with Crippen LogP contribution in [0.15, 0.2) is 52.6 Å². The van der Waals surface area contributed by atoms with Gasteiger partial charge in [-0.1, -0.05) is 19.1 Å². The molecule has 0 aliphatic carbocycles. The van der Waals surface area contributed by atoms with Crippen LogP contribution in [0.2, 0.25) is 0 Å². The SMILES string of the molecule is CCN(Cc1ccc(OCc2cccs2)c(OC)c1)Cc1nc2cc(OC)c(OC)cc2c(=O)[nH]1. The number of aromatic nitrogens is 2. The lowest BCUT2D eigenvalue weighted by molar-refractivity contribution is 0.262. The Kier molecular flexibility index (Phi) is 7.89. The first-order chi connectivity index (χ1) is 17.0. The Morgan fingerprint density at radius 2 is 1.69 bits per heavy atom. The molecule has 0 bridgehead atoms. The number of ether oxygens (including phenoxy) is 4. The van der Waals surface area contributed by atoms with Crippen molar-refractivity contribution in [2.24, 2.45) is 0 Å². The predicted molar refractivity (Wildman–Crippen MR) is 137 cm³/mol. The third-order valence-corrected chi connectivity index (χ3v) is 6.51. The van der Waals surface area contributed by atoms with Crippen molar-refractivity contribution in [2.75, 3.05) is 27.9 Å². The van der Waals surface area contributed by atoms with Gasteiger partial charge in [0, 0.05) is 17.5 Å². The van der Waals surface area contributed by atoms with Gasteiger partial charge in [-0.25, -0.2) is 4.98 Å². The zero-order chi connectivity index (χ0) is 24.8. The van der Waals surface area contributed by atoms with E-state index in [4.69, 9.17) is 18.9 Å². The zero-order valence-electron chi connectivity index (χ0n) is 20.3. The van der Waals surface area contributed by atoms with Gasteiger partial charge >= 0.3 is 0 Å². The van der Waals surface area contributed by atoms with E-state index in [1.807, 2.05) is 35.7 Å². The van der Waals surface area contributed by atoms with Crippen LogP contribution in [-0.4, -0.2) is 42.7 Å². The third-order valence-electron chi connectivity index (χ3n) is 5.66. The smallest absolute Gasteiger partial charge is 0.258 e. The number of thiophene rings is 1. The molecule has 0 radical (unpaired) electrons. The lowest BCUT2D eigenvalue weighted by Gasteiger charge is -2.21. The number of methoxy groups -OCH3 is 3. The quantitative estimate of drug-likeness (QED) is 0.325. The van der Waals surface area contributed by atoms with Crippen LogP contribution in [0.1, 0.15) is 23.2 Å². The normalized spacial score (nSPS) is 11.1. The summed E-state index contributed by atoms with van der Waals surface area (Å²) in [4.78, 5) is 23.6. The number of nitrogens with one attached hydrogen (secondary N) is 1.